The molecule has 5 heteroatoms. The van der Waals surface area contributed by atoms with Crippen molar-refractivity contribution in [2.75, 3.05) is 0 Å². The van der Waals surface area contributed by atoms with Crippen molar-refractivity contribution in [2.45, 2.75) is 44.1 Å². The van der Waals surface area contributed by atoms with Crippen molar-refractivity contribution in [2.24, 2.45) is 0 Å². The molecule has 1 amide bonds. The van der Waals surface area contributed by atoms with Gasteiger partial charge >= 0.3 is 0 Å². The molecule has 0 atom stereocenters. The van der Waals surface area contributed by atoms with Crippen LogP contribution in [0, 0.1) is 17.1 Å². The van der Waals surface area contributed by atoms with E-state index in [4.69, 9.17) is 0 Å². The molecule has 1 aromatic heterocycles. The van der Waals surface area contributed by atoms with Crippen molar-refractivity contribution < 1.29 is 9.18 Å². The molecule has 100 valence electrons. The van der Waals surface area contributed by atoms with Gasteiger partial charge < -0.3 is 5.32 Å². The van der Waals surface area contributed by atoms with Gasteiger partial charge in [0.2, 0.25) is 0 Å². The fourth-order valence-electron chi connectivity index (χ4n) is 2.39. The highest BCUT2D eigenvalue weighted by molar-refractivity contribution is 5.93. The number of carbonyl (C=O) groups excluding carboxylic acids is 1. The summed E-state index contributed by atoms with van der Waals surface area (Å²) in [5.41, 5.74) is -0.663. The van der Waals surface area contributed by atoms with Crippen LogP contribution >= 0.6 is 0 Å². The van der Waals surface area contributed by atoms with Crippen LogP contribution in [0.15, 0.2) is 18.3 Å². The molecular weight excluding hydrogens is 245 g/mol. The van der Waals surface area contributed by atoms with Crippen molar-refractivity contribution in [1.29, 1.82) is 5.26 Å². The summed E-state index contributed by atoms with van der Waals surface area (Å²) in [4.78, 5) is 15.8. The molecule has 2 rings (SSSR count). The van der Waals surface area contributed by atoms with E-state index in [-0.39, 0.29) is 5.69 Å². The van der Waals surface area contributed by atoms with E-state index in [2.05, 4.69) is 16.4 Å². The van der Waals surface area contributed by atoms with E-state index in [0.29, 0.717) is 12.8 Å². The normalized spacial score (nSPS) is 18.1. The van der Waals surface area contributed by atoms with Crippen LogP contribution in [0.25, 0.3) is 0 Å². The monoisotopic (exact) mass is 261 g/mol. The summed E-state index contributed by atoms with van der Waals surface area (Å²) in [6.07, 6.45) is 6.38. The Balaban J connectivity index is 2.11. The zero-order valence-electron chi connectivity index (χ0n) is 10.7. The van der Waals surface area contributed by atoms with Crippen molar-refractivity contribution in [1.82, 2.24) is 10.3 Å². The van der Waals surface area contributed by atoms with Crippen molar-refractivity contribution in [3.63, 3.8) is 0 Å². The third-order valence-corrected chi connectivity index (χ3v) is 3.48. The molecule has 0 radical (unpaired) electrons. The standard InChI is InChI=1S/C14H16FN3O/c15-11-5-6-12(17-9-11)13(19)18-14(10-16)7-3-1-2-4-8-14/h5-6,9H,1-4,7-8H2,(H,18,19). The van der Waals surface area contributed by atoms with E-state index in [9.17, 15) is 14.4 Å². The minimum absolute atomic E-state index is 0.139. The molecule has 1 aliphatic carbocycles. The topological polar surface area (TPSA) is 65.8 Å². The molecule has 4 nitrogen and oxygen atoms in total. The number of aromatic nitrogens is 1. The Morgan fingerprint density at radius 3 is 2.53 bits per heavy atom. The van der Waals surface area contributed by atoms with Crippen molar-refractivity contribution in [3.8, 4) is 6.07 Å². The van der Waals surface area contributed by atoms with Gasteiger partial charge in [0, 0.05) is 0 Å². The van der Waals surface area contributed by atoms with Crippen LogP contribution in [-0.4, -0.2) is 16.4 Å². The highest BCUT2D eigenvalue weighted by atomic mass is 19.1. The summed E-state index contributed by atoms with van der Waals surface area (Å²) >= 11 is 0. The van der Waals surface area contributed by atoms with E-state index in [1.807, 2.05) is 0 Å². The molecule has 1 fully saturated rings. The van der Waals surface area contributed by atoms with Gasteiger partial charge in [0.15, 0.2) is 0 Å². The molecule has 1 aromatic rings. The predicted octanol–water partition coefficient (Wildman–Crippen LogP) is 2.57. The smallest absolute Gasteiger partial charge is 0.271 e. The molecule has 1 saturated carbocycles. The van der Waals surface area contributed by atoms with Gasteiger partial charge in [-0.15, -0.1) is 0 Å². The highest BCUT2D eigenvalue weighted by Crippen LogP contribution is 2.26. The summed E-state index contributed by atoms with van der Waals surface area (Å²) in [7, 11) is 0. The van der Waals surface area contributed by atoms with Gasteiger partial charge in [-0.1, -0.05) is 25.7 Å². The zero-order valence-corrected chi connectivity index (χ0v) is 10.7. The van der Waals surface area contributed by atoms with E-state index in [0.717, 1.165) is 31.9 Å². The molecular formula is C14H16FN3O. The number of nitrogens with zero attached hydrogens (tertiary/aromatic N) is 2. The first-order valence-electron chi connectivity index (χ1n) is 6.50. The lowest BCUT2D eigenvalue weighted by molar-refractivity contribution is 0.0907. The van der Waals surface area contributed by atoms with Crippen LogP contribution in [0.2, 0.25) is 0 Å². The lowest BCUT2D eigenvalue weighted by Gasteiger charge is -2.26. The number of nitriles is 1. The number of hydrogen-bond donors (Lipinski definition) is 1. The highest BCUT2D eigenvalue weighted by Gasteiger charge is 2.33. The Kier molecular flexibility index (Phi) is 4.10. The average molecular weight is 261 g/mol. The summed E-state index contributed by atoms with van der Waals surface area (Å²) in [6, 6.07) is 4.75. The third kappa shape index (κ3) is 3.28. The second kappa shape index (κ2) is 5.79. The molecule has 1 aliphatic rings. The van der Waals surface area contributed by atoms with Crippen LogP contribution in [0.4, 0.5) is 4.39 Å². The molecule has 0 saturated heterocycles. The number of carbonyl (C=O) groups is 1. The van der Waals surface area contributed by atoms with E-state index >= 15 is 0 Å². The molecule has 0 spiro atoms. The summed E-state index contributed by atoms with van der Waals surface area (Å²) < 4.78 is 12.8. The van der Waals surface area contributed by atoms with Gasteiger partial charge in [0.25, 0.3) is 5.91 Å². The van der Waals surface area contributed by atoms with Crippen LogP contribution < -0.4 is 5.32 Å². The number of nitrogens with one attached hydrogen (secondary N) is 1. The summed E-state index contributed by atoms with van der Waals surface area (Å²) in [5, 5.41) is 12.1. The molecule has 19 heavy (non-hydrogen) atoms. The Hall–Kier alpha value is -1.96. The van der Waals surface area contributed by atoms with Gasteiger partial charge in [-0.25, -0.2) is 9.37 Å². The third-order valence-electron chi connectivity index (χ3n) is 3.48. The minimum atomic E-state index is -0.802. The molecule has 1 heterocycles. The first-order valence-corrected chi connectivity index (χ1v) is 6.50. The summed E-state index contributed by atoms with van der Waals surface area (Å²) in [6.45, 7) is 0. The second-order valence-corrected chi connectivity index (χ2v) is 4.92. The minimum Gasteiger partial charge on any atom is -0.332 e. The Morgan fingerprint density at radius 2 is 2.00 bits per heavy atom. The Labute approximate surface area is 111 Å². The fourth-order valence-corrected chi connectivity index (χ4v) is 2.39. The predicted molar refractivity (Wildman–Crippen MR) is 67.7 cm³/mol. The van der Waals surface area contributed by atoms with Crippen LogP contribution in [-0.2, 0) is 0 Å². The molecule has 0 unspecified atom stereocenters. The maximum Gasteiger partial charge on any atom is 0.271 e. The quantitative estimate of drug-likeness (QED) is 0.832. The lowest BCUT2D eigenvalue weighted by Crippen LogP contribution is -2.47. The molecule has 0 aliphatic heterocycles. The number of amides is 1. The fraction of sp³-hybridized carbons (Fsp3) is 0.500. The Morgan fingerprint density at radius 1 is 1.32 bits per heavy atom. The number of halogens is 1. The largest absolute Gasteiger partial charge is 0.332 e. The molecule has 1 N–H and O–H groups in total. The average Bonchev–Trinajstić information content (AvgIpc) is 2.65. The number of hydrogen-bond acceptors (Lipinski definition) is 3. The number of pyridine rings is 1. The number of rotatable bonds is 2. The van der Waals surface area contributed by atoms with Crippen molar-refractivity contribution >= 4 is 5.91 Å². The van der Waals surface area contributed by atoms with E-state index in [1.54, 1.807) is 0 Å². The van der Waals surface area contributed by atoms with Crippen LogP contribution in [0.1, 0.15) is 49.0 Å². The first kappa shape index (κ1) is 13.5. The second-order valence-electron chi connectivity index (χ2n) is 4.92. The maximum absolute atomic E-state index is 12.8. The van der Waals surface area contributed by atoms with Crippen LogP contribution in [0.5, 0.6) is 0 Å². The van der Waals surface area contributed by atoms with E-state index in [1.165, 1.54) is 12.1 Å². The van der Waals surface area contributed by atoms with Gasteiger partial charge in [-0.05, 0) is 25.0 Å². The van der Waals surface area contributed by atoms with Gasteiger partial charge in [-0.3, -0.25) is 4.79 Å². The van der Waals surface area contributed by atoms with Gasteiger partial charge in [0.1, 0.15) is 17.1 Å². The van der Waals surface area contributed by atoms with Gasteiger partial charge in [0.05, 0.1) is 12.3 Å². The van der Waals surface area contributed by atoms with E-state index < -0.39 is 17.3 Å². The van der Waals surface area contributed by atoms with Crippen LogP contribution in [0.3, 0.4) is 0 Å². The first-order chi connectivity index (χ1) is 9.15. The Bertz CT molecular complexity index is 484. The lowest BCUT2D eigenvalue weighted by atomic mass is 9.91. The SMILES string of the molecule is N#CC1(NC(=O)c2ccc(F)cn2)CCCCCC1. The zero-order chi connectivity index (χ0) is 13.7. The maximum atomic E-state index is 12.8. The molecule has 0 bridgehead atoms. The van der Waals surface area contributed by atoms with Gasteiger partial charge in [-0.2, -0.15) is 5.26 Å². The van der Waals surface area contributed by atoms with Crippen molar-refractivity contribution in [3.05, 3.63) is 29.8 Å². The molecule has 0 aromatic carbocycles. The summed E-state index contributed by atoms with van der Waals surface area (Å²) in [5.74, 6) is -0.899.